The van der Waals surface area contributed by atoms with Crippen LogP contribution in [0.4, 0.5) is 0 Å². The van der Waals surface area contributed by atoms with Crippen molar-refractivity contribution in [2.24, 2.45) is 5.92 Å². The molecular weight excluding hydrogens is 196 g/mol. The fourth-order valence-electron chi connectivity index (χ4n) is 1.58. The first-order chi connectivity index (χ1) is 7.75. The van der Waals surface area contributed by atoms with Gasteiger partial charge in [0.05, 0.1) is 0 Å². The minimum Gasteiger partial charge on any atom is -0.294 e. The van der Waals surface area contributed by atoms with Crippen LogP contribution in [0.3, 0.4) is 0 Å². The third-order valence-corrected chi connectivity index (χ3v) is 2.62. The zero-order valence-electron chi connectivity index (χ0n) is 10.1. The van der Waals surface area contributed by atoms with Crippen molar-refractivity contribution in [2.75, 3.05) is 0 Å². The van der Waals surface area contributed by atoms with Crippen LogP contribution < -0.4 is 0 Å². The van der Waals surface area contributed by atoms with E-state index in [4.69, 9.17) is 0 Å². The maximum atomic E-state index is 12.0. The van der Waals surface area contributed by atoms with Gasteiger partial charge in [0.15, 0.2) is 5.78 Å². The number of Topliss-reactive ketones (excluding diaryl/α,β-unsaturated/α-hetero) is 1. The van der Waals surface area contributed by atoms with Gasteiger partial charge in [0.1, 0.15) is 0 Å². The molecule has 0 N–H and O–H groups in total. The summed E-state index contributed by atoms with van der Waals surface area (Å²) in [5.41, 5.74) is 0.801. The molecule has 0 aromatic heterocycles. The van der Waals surface area contributed by atoms with E-state index in [-0.39, 0.29) is 11.7 Å². The van der Waals surface area contributed by atoms with Crippen LogP contribution in [0.5, 0.6) is 0 Å². The van der Waals surface area contributed by atoms with E-state index in [1.165, 1.54) is 12.8 Å². The molecule has 1 heteroatoms. The van der Waals surface area contributed by atoms with Gasteiger partial charge in [-0.05, 0) is 6.42 Å². The highest BCUT2D eigenvalue weighted by atomic mass is 16.1. The molecule has 0 aliphatic carbocycles. The maximum absolute atomic E-state index is 12.0. The lowest BCUT2D eigenvalue weighted by Gasteiger charge is -2.04. The standard InChI is InChI=1S/C15H20O/c1-3-4-5-7-10-13(2)15(16)14-11-8-6-9-12-14/h6-13H,3-5H2,1-2H3/b10-7+/t13-/m0/s1. The number of hydrogen-bond acceptors (Lipinski definition) is 1. The largest absolute Gasteiger partial charge is 0.294 e. The summed E-state index contributed by atoms with van der Waals surface area (Å²) < 4.78 is 0. The van der Waals surface area contributed by atoms with E-state index in [1.54, 1.807) is 0 Å². The Hall–Kier alpha value is -1.37. The topological polar surface area (TPSA) is 17.1 Å². The number of benzene rings is 1. The molecule has 0 radical (unpaired) electrons. The van der Waals surface area contributed by atoms with Crippen LogP contribution in [0.1, 0.15) is 43.5 Å². The second-order valence-electron chi connectivity index (χ2n) is 4.09. The van der Waals surface area contributed by atoms with Crippen LogP contribution in [0.15, 0.2) is 42.5 Å². The third-order valence-electron chi connectivity index (χ3n) is 2.62. The molecule has 1 aromatic carbocycles. The lowest BCUT2D eigenvalue weighted by Crippen LogP contribution is -2.08. The van der Waals surface area contributed by atoms with Gasteiger partial charge >= 0.3 is 0 Å². The molecule has 0 amide bonds. The second kappa shape index (κ2) is 7.00. The summed E-state index contributed by atoms with van der Waals surface area (Å²) in [5.74, 6) is 0.188. The normalized spacial score (nSPS) is 12.9. The summed E-state index contributed by atoms with van der Waals surface area (Å²) >= 11 is 0. The van der Waals surface area contributed by atoms with E-state index in [9.17, 15) is 4.79 Å². The fourth-order valence-corrected chi connectivity index (χ4v) is 1.58. The van der Waals surface area contributed by atoms with Crippen LogP contribution in [0.25, 0.3) is 0 Å². The molecule has 1 atom stereocenters. The van der Waals surface area contributed by atoms with E-state index >= 15 is 0 Å². The lowest BCUT2D eigenvalue weighted by atomic mass is 9.98. The molecule has 0 aliphatic heterocycles. The first kappa shape index (κ1) is 12.7. The molecule has 0 fully saturated rings. The van der Waals surface area contributed by atoms with Crippen molar-refractivity contribution in [1.29, 1.82) is 0 Å². The Labute approximate surface area is 98.2 Å². The molecule has 1 nitrogen and oxygen atoms in total. The van der Waals surface area contributed by atoms with Gasteiger partial charge in [-0.15, -0.1) is 0 Å². The van der Waals surface area contributed by atoms with Crippen molar-refractivity contribution in [3.05, 3.63) is 48.0 Å². The summed E-state index contributed by atoms with van der Waals surface area (Å²) in [5, 5.41) is 0. The van der Waals surface area contributed by atoms with Gasteiger partial charge in [0.2, 0.25) is 0 Å². The maximum Gasteiger partial charge on any atom is 0.169 e. The van der Waals surface area contributed by atoms with Crippen LogP contribution in [-0.2, 0) is 0 Å². The van der Waals surface area contributed by atoms with Crippen molar-refractivity contribution in [3.63, 3.8) is 0 Å². The predicted octanol–water partition coefficient (Wildman–Crippen LogP) is 4.25. The van der Waals surface area contributed by atoms with E-state index in [2.05, 4.69) is 13.0 Å². The van der Waals surface area contributed by atoms with Crippen LogP contribution in [0.2, 0.25) is 0 Å². The molecule has 1 rings (SSSR count). The monoisotopic (exact) mass is 216 g/mol. The summed E-state index contributed by atoms with van der Waals surface area (Å²) in [6.45, 7) is 4.13. The highest BCUT2D eigenvalue weighted by molar-refractivity contribution is 5.98. The number of unbranched alkanes of at least 4 members (excludes halogenated alkanes) is 2. The molecule has 16 heavy (non-hydrogen) atoms. The molecule has 1 aromatic rings. The number of hydrogen-bond donors (Lipinski definition) is 0. The Morgan fingerprint density at radius 2 is 2.00 bits per heavy atom. The zero-order valence-corrected chi connectivity index (χ0v) is 10.1. The number of rotatable bonds is 6. The number of ketones is 1. The Balaban J connectivity index is 2.51. The highest BCUT2D eigenvalue weighted by Gasteiger charge is 2.10. The third kappa shape index (κ3) is 4.01. The number of carbonyl (C=O) groups excluding carboxylic acids is 1. The minimum atomic E-state index is -0.0146. The molecule has 0 saturated heterocycles. The average molecular weight is 216 g/mol. The van der Waals surface area contributed by atoms with Gasteiger partial charge in [0.25, 0.3) is 0 Å². The van der Waals surface area contributed by atoms with E-state index in [1.807, 2.05) is 43.3 Å². The summed E-state index contributed by atoms with van der Waals surface area (Å²) in [6.07, 6.45) is 7.61. The molecule has 0 aliphatic rings. The molecule has 0 unspecified atom stereocenters. The molecular formula is C15H20O. The Morgan fingerprint density at radius 1 is 1.31 bits per heavy atom. The van der Waals surface area contributed by atoms with Gasteiger partial charge in [-0.25, -0.2) is 0 Å². The average Bonchev–Trinajstić information content (AvgIpc) is 2.34. The molecule has 0 saturated carbocycles. The van der Waals surface area contributed by atoms with Crippen LogP contribution >= 0.6 is 0 Å². The molecule has 0 spiro atoms. The van der Waals surface area contributed by atoms with Crippen LogP contribution in [0, 0.1) is 5.92 Å². The first-order valence-corrected chi connectivity index (χ1v) is 6.01. The second-order valence-corrected chi connectivity index (χ2v) is 4.09. The van der Waals surface area contributed by atoms with E-state index in [0.29, 0.717) is 0 Å². The highest BCUT2D eigenvalue weighted by Crippen LogP contribution is 2.10. The molecule has 0 heterocycles. The van der Waals surface area contributed by atoms with Gasteiger partial charge in [-0.2, -0.15) is 0 Å². The predicted molar refractivity (Wildman–Crippen MR) is 68.6 cm³/mol. The first-order valence-electron chi connectivity index (χ1n) is 6.01. The van der Waals surface area contributed by atoms with Crippen molar-refractivity contribution in [2.45, 2.75) is 33.1 Å². The Bertz CT molecular complexity index is 338. The summed E-state index contributed by atoms with van der Waals surface area (Å²) in [6, 6.07) is 9.48. The Kier molecular flexibility index (Phi) is 5.55. The van der Waals surface area contributed by atoms with Gasteiger partial charge in [-0.1, -0.05) is 69.2 Å². The zero-order chi connectivity index (χ0) is 11.8. The van der Waals surface area contributed by atoms with E-state index in [0.717, 1.165) is 12.0 Å². The number of allylic oxidation sites excluding steroid dienone is 2. The van der Waals surface area contributed by atoms with Gasteiger partial charge in [0, 0.05) is 11.5 Å². The van der Waals surface area contributed by atoms with Crippen molar-refractivity contribution < 1.29 is 4.79 Å². The smallest absolute Gasteiger partial charge is 0.169 e. The quantitative estimate of drug-likeness (QED) is 0.394. The van der Waals surface area contributed by atoms with Crippen molar-refractivity contribution in [1.82, 2.24) is 0 Å². The Morgan fingerprint density at radius 3 is 2.62 bits per heavy atom. The molecule has 86 valence electrons. The van der Waals surface area contributed by atoms with Crippen molar-refractivity contribution >= 4 is 5.78 Å². The molecule has 0 bridgehead atoms. The summed E-state index contributed by atoms with van der Waals surface area (Å²) in [4.78, 5) is 12.0. The summed E-state index contributed by atoms with van der Waals surface area (Å²) in [7, 11) is 0. The van der Waals surface area contributed by atoms with Crippen molar-refractivity contribution in [3.8, 4) is 0 Å². The number of carbonyl (C=O) groups is 1. The lowest BCUT2D eigenvalue weighted by molar-refractivity contribution is 0.0953. The SMILES string of the molecule is CCCC/C=C/[C@H](C)C(=O)c1ccccc1. The van der Waals surface area contributed by atoms with Gasteiger partial charge in [-0.3, -0.25) is 4.79 Å². The van der Waals surface area contributed by atoms with Crippen LogP contribution in [-0.4, -0.2) is 5.78 Å². The van der Waals surface area contributed by atoms with E-state index < -0.39 is 0 Å². The van der Waals surface area contributed by atoms with Gasteiger partial charge < -0.3 is 0 Å². The fraction of sp³-hybridized carbons (Fsp3) is 0.400. The minimum absolute atomic E-state index is 0.0146.